The Balaban J connectivity index is 1.41. The number of rotatable bonds is 4. The number of benzene rings is 1. The Bertz CT molecular complexity index is 1010. The van der Waals surface area contributed by atoms with Crippen molar-refractivity contribution in [2.45, 2.75) is 44.9 Å². The maximum absolute atomic E-state index is 14.1. The van der Waals surface area contributed by atoms with Gasteiger partial charge in [-0.25, -0.2) is 14.4 Å². The van der Waals surface area contributed by atoms with E-state index >= 15 is 0 Å². The Morgan fingerprint density at radius 3 is 2.62 bits per heavy atom. The molecule has 0 bridgehead atoms. The molecule has 0 unspecified atom stereocenters. The van der Waals surface area contributed by atoms with Crippen LogP contribution in [-0.4, -0.2) is 70.4 Å². The SMILES string of the molecule is C[C@@H]1COC[C@@H](C)N1C(=O)c1cc(F)ccc1Oc1cncnc1N1CC2(CC(O)C2)C1. The van der Waals surface area contributed by atoms with Crippen LogP contribution in [0.15, 0.2) is 30.7 Å². The molecule has 2 aromatic rings. The van der Waals surface area contributed by atoms with Crippen molar-refractivity contribution in [3.8, 4) is 11.5 Å². The Morgan fingerprint density at radius 1 is 1.22 bits per heavy atom. The fourth-order valence-electron chi connectivity index (χ4n) is 5.15. The number of nitrogens with zero attached hydrogens (tertiary/aromatic N) is 4. The van der Waals surface area contributed by atoms with Crippen LogP contribution < -0.4 is 9.64 Å². The first-order chi connectivity index (χ1) is 15.3. The van der Waals surface area contributed by atoms with E-state index in [-0.39, 0.29) is 40.8 Å². The number of anilines is 1. The number of ether oxygens (including phenoxy) is 2. The van der Waals surface area contributed by atoms with Crippen molar-refractivity contribution in [2.75, 3.05) is 31.2 Å². The normalized spacial score (nSPS) is 24.8. The summed E-state index contributed by atoms with van der Waals surface area (Å²) in [6, 6.07) is 3.69. The van der Waals surface area contributed by atoms with E-state index in [2.05, 4.69) is 14.9 Å². The molecule has 3 fully saturated rings. The molecule has 1 N–H and O–H groups in total. The predicted octanol–water partition coefficient (Wildman–Crippen LogP) is 2.62. The number of aliphatic hydroxyl groups is 1. The summed E-state index contributed by atoms with van der Waals surface area (Å²) in [7, 11) is 0. The first-order valence-corrected chi connectivity index (χ1v) is 11.0. The van der Waals surface area contributed by atoms with Crippen LogP contribution in [0.4, 0.5) is 10.2 Å². The first kappa shape index (κ1) is 21.1. The summed E-state index contributed by atoms with van der Waals surface area (Å²) in [5, 5.41) is 9.66. The van der Waals surface area contributed by atoms with Crippen LogP contribution in [0.2, 0.25) is 0 Å². The number of amides is 1. The van der Waals surface area contributed by atoms with E-state index < -0.39 is 5.82 Å². The predicted molar refractivity (Wildman–Crippen MR) is 114 cm³/mol. The molecular weight excluding hydrogens is 415 g/mol. The zero-order chi connectivity index (χ0) is 22.5. The lowest BCUT2D eigenvalue weighted by Crippen LogP contribution is -2.64. The van der Waals surface area contributed by atoms with Crippen molar-refractivity contribution in [3.05, 3.63) is 42.1 Å². The second-order valence-electron chi connectivity index (χ2n) is 9.32. The molecule has 2 atom stereocenters. The molecule has 1 aromatic heterocycles. The third-order valence-corrected chi connectivity index (χ3v) is 6.64. The molecule has 170 valence electrons. The van der Waals surface area contributed by atoms with Gasteiger partial charge >= 0.3 is 0 Å². The Labute approximate surface area is 186 Å². The average Bonchev–Trinajstić information content (AvgIpc) is 2.71. The van der Waals surface area contributed by atoms with Gasteiger partial charge in [0.05, 0.1) is 43.2 Å². The number of hydrogen-bond acceptors (Lipinski definition) is 7. The minimum absolute atomic E-state index is 0.131. The van der Waals surface area contributed by atoms with E-state index in [4.69, 9.17) is 9.47 Å². The average molecular weight is 442 g/mol. The van der Waals surface area contributed by atoms with Crippen LogP contribution in [0.3, 0.4) is 0 Å². The van der Waals surface area contributed by atoms with Crippen molar-refractivity contribution < 1.29 is 23.8 Å². The molecule has 2 saturated heterocycles. The van der Waals surface area contributed by atoms with E-state index in [1.165, 1.54) is 24.5 Å². The molecule has 0 radical (unpaired) electrons. The number of carbonyl (C=O) groups is 1. The summed E-state index contributed by atoms with van der Waals surface area (Å²) in [6.07, 6.45) is 4.40. The van der Waals surface area contributed by atoms with Crippen LogP contribution in [0.5, 0.6) is 11.5 Å². The topological polar surface area (TPSA) is 88.0 Å². The van der Waals surface area contributed by atoms with E-state index in [0.29, 0.717) is 24.8 Å². The molecule has 8 nitrogen and oxygen atoms in total. The molecule has 3 aliphatic rings. The van der Waals surface area contributed by atoms with Gasteiger partial charge in [-0.3, -0.25) is 4.79 Å². The zero-order valence-electron chi connectivity index (χ0n) is 18.2. The minimum atomic E-state index is -0.507. The minimum Gasteiger partial charge on any atom is -0.451 e. The number of morpholine rings is 1. The van der Waals surface area contributed by atoms with E-state index in [1.807, 2.05) is 13.8 Å². The standard InChI is InChI=1S/C23H27FN4O4/c1-14-9-31-10-15(2)28(14)22(30)18-5-16(24)3-4-19(18)32-20-8-25-13-26-21(20)27-11-23(12-27)6-17(29)7-23/h3-5,8,13-15,17,29H,6-7,9-12H2,1-2H3/t14-,15-/m1/s1. The summed E-state index contributed by atoms with van der Waals surface area (Å²) < 4.78 is 25.8. The number of carbonyl (C=O) groups excluding carboxylic acids is 1. The van der Waals surface area contributed by atoms with Crippen molar-refractivity contribution >= 4 is 11.7 Å². The van der Waals surface area contributed by atoms with Gasteiger partial charge in [0.25, 0.3) is 5.91 Å². The van der Waals surface area contributed by atoms with Gasteiger partial charge in [-0.15, -0.1) is 0 Å². The third kappa shape index (κ3) is 3.69. The smallest absolute Gasteiger partial charge is 0.258 e. The van der Waals surface area contributed by atoms with Crippen molar-refractivity contribution in [2.24, 2.45) is 5.41 Å². The molecular formula is C23H27FN4O4. The van der Waals surface area contributed by atoms with Crippen LogP contribution in [0, 0.1) is 11.2 Å². The number of aliphatic hydroxyl groups excluding tert-OH is 1. The Hall–Kier alpha value is -2.78. The Kier molecular flexibility index (Phi) is 5.25. The van der Waals surface area contributed by atoms with Gasteiger partial charge in [-0.1, -0.05) is 0 Å². The van der Waals surface area contributed by atoms with Gasteiger partial charge in [0, 0.05) is 18.5 Å². The summed E-state index contributed by atoms with van der Waals surface area (Å²) in [6.45, 7) is 6.26. The second-order valence-corrected chi connectivity index (χ2v) is 9.32. The highest BCUT2D eigenvalue weighted by Crippen LogP contribution is 2.50. The lowest BCUT2D eigenvalue weighted by atomic mass is 9.62. The quantitative estimate of drug-likeness (QED) is 0.779. The van der Waals surface area contributed by atoms with Gasteiger partial charge in [0.15, 0.2) is 11.6 Å². The third-order valence-electron chi connectivity index (χ3n) is 6.64. The van der Waals surface area contributed by atoms with E-state index in [9.17, 15) is 14.3 Å². The highest BCUT2D eigenvalue weighted by molar-refractivity contribution is 5.97. The first-order valence-electron chi connectivity index (χ1n) is 11.0. The second kappa shape index (κ2) is 7.97. The maximum Gasteiger partial charge on any atom is 0.258 e. The lowest BCUT2D eigenvalue weighted by Gasteiger charge is -2.58. The zero-order valence-corrected chi connectivity index (χ0v) is 18.2. The molecule has 3 heterocycles. The van der Waals surface area contributed by atoms with E-state index in [0.717, 1.165) is 25.9 Å². The highest BCUT2D eigenvalue weighted by atomic mass is 19.1. The van der Waals surface area contributed by atoms with Gasteiger partial charge in [-0.2, -0.15) is 0 Å². The van der Waals surface area contributed by atoms with Crippen molar-refractivity contribution in [1.29, 1.82) is 0 Å². The lowest BCUT2D eigenvalue weighted by molar-refractivity contribution is -0.0495. The molecule has 1 saturated carbocycles. The fourth-order valence-corrected chi connectivity index (χ4v) is 5.15. The molecule has 5 rings (SSSR count). The summed E-state index contributed by atoms with van der Waals surface area (Å²) >= 11 is 0. The molecule has 9 heteroatoms. The number of aromatic nitrogens is 2. The molecule has 1 spiro atoms. The molecule has 32 heavy (non-hydrogen) atoms. The van der Waals surface area contributed by atoms with Crippen LogP contribution in [-0.2, 0) is 4.74 Å². The van der Waals surface area contributed by atoms with Crippen LogP contribution in [0.25, 0.3) is 0 Å². The monoisotopic (exact) mass is 442 g/mol. The van der Waals surface area contributed by atoms with Gasteiger partial charge < -0.3 is 24.4 Å². The fraction of sp³-hybridized carbons (Fsp3) is 0.522. The summed E-state index contributed by atoms with van der Waals surface area (Å²) in [5.74, 6) is 0.487. The van der Waals surface area contributed by atoms with Crippen molar-refractivity contribution in [1.82, 2.24) is 14.9 Å². The maximum atomic E-state index is 14.1. The largest absolute Gasteiger partial charge is 0.451 e. The van der Waals surface area contributed by atoms with Gasteiger partial charge in [-0.05, 0) is 44.9 Å². The Morgan fingerprint density at radius 2 is 1.94 bits per heavy atom. The summed E-state index contributed by atoms with van der Waals surface area (Å²) in [5.41, 5.74) is 0.309. The van der Waals surface area contributed by atoms with Crippen LogP contribution in [0.1, 0.15) is 37.0 Å². The van der Waals surface area contributed by atoms with Crippen molar-refractivity contribution in [3.63, 3.8) is 0 Å². The molecule has 1 amide bonds. The number of halogens is 1. The highest BCUT2D eigenvalue weighted by Gasteiger charge is 2.52. The number of hydrogen-bond donors (Lipinski definition) is 1. The van der Waals surface area contributed by atoms with Gasteiger partial charge in [0.1, 0.15) is 17.9 Å². The summed E-state index contributed by atoms with van der Waals surface area (Å²) in [4.78, 5) is 25.7. The molecule has 1 aliphatic carbocycles. The van der Waals surface area contributed by atoms with Gasteiger partial charge in [0.2, 0.25) is 0 Å². The molecule has 2 aliphatic heterocycles. The van der Waals surface area contributed by atoms with Crippen LogP contribution >= 0.6 is 0 Å². The van der Waals surface area contributed by atoms with E-state index in [1.54, 1.807) is 11.1 Å². The molecule has 1 aromatic carbocycles.